The monoisotopic (exact) mass is 306 g/mol. The fourth-order valence-corrected chi connectivity index (χ4v) is 2.52. The summed E-state index contributed by atoms with van der Waals surface area (Å²) >= 11 is 0. The van der Waals surface area contributed by atoms with Crippen LogP contribution in [0.3, 0.4) is 0 Å². The topological polar surface area (TPSA) is 78.9 Å². The molecule has 0 saturated carbocycles. The van der Waals surface area contributed by atoms with E-state index in [9.17, 15) is 14.7 Å². The second-order valence-corrected chi connectivity index (χ2v) is 5.86. The number of fused-ring (bicyclic) bond motifs is 1. The number of anilines is 2. The van der Waals surface area contributed by atoms with Gasteiger partial charge in [0, 0.05) is 17.9 Å². The average Bonchev–Trinajstić information content (AvgIpc) is 2.73. The molecule has 6 heteroatoms. The Labute approximate surface area is 130 Å². The standard InChI is InChI=1S/C16H22N2O4/c1-10(2)9-18-13-5-4-12(6-11(13)7-15(18)20)17-14(19)8-16(21)22-3/h4-6,10,14,17,19H,7-9H2,1-3H3. The number of hydrogen-bond acceptors (Lipinski definition) is 5. The van der Waals surface area contributed by atoms with E-state index in [4.69, 9.17) is 0 Å². The molecular weight excluding hydrogens is 284 g/mol. The van der Waals surface area contributed by atoms with Gasteiger partial charge in [0.25, 0.3) is 0 Å². The largest absolute Gasteiger partial charge is 0.469 e. The van der Waals surface area contributed by atoms with Gasteiger partial charge < -0.3 is 20.1 Å². The van der Waals surface area contributed by atoms with Crippen molar-refractivity contribution < 1.29 is 19.4 Å². The first-order valence-electron chi connectivity index (χ1n) is 7.35. The van der Waals surface area contributed by atoms with Crippen LogP contribution in [0.25, 0.3) is 0 Å². The molecular formula is C16H22N2O4. The number of amides is 1. The van der Waals surface area contributed by atoms with E-state index in [1.54, 1.807) is 11.0 Å². The number of methoxy groups -OCH3 is 1. The molecule has 1 heterocycles. The predicted molar refractivity (Wildman–Crippen MR) is 83.6 cm³/mol. The number of benzene rings is 1. The number of carbonyl (C=O) groups is 2. The zero-order chi connectivity index (χ0) is 16.3. The third-order valence-corrected chi connectivity index (χ3v) is 3.48. The summed E-state index contributed by atoms with van der Waals surface area (Å²) in [5.41, 5.74) is 2.53. The molecule has 1 aliphatic heterocycles. The summed E-state index contributed by atoms with van der Waals surface area (Å²) in [6.07, 6.45) is -0.786. The molecule has 2 N–H and O–H groups in total. The molecule has 0 aromatic heterocycles. The van der Waals surface area contributed by atoms with E-state index < -0.39 is 12.2 Å². The number of aliphatic hydroxyl groups excluding tert-OH is 1. The summed E-state index contributed by atoms with van der Waals surface area (Å²) < 4.78 is 4.51. The zero-order valence-corrected chi connectivity index (χ0v) is 13.1. The van der Waals surface area contributed by atoms with Crippen molar-refractivity contribution in [2.75, 3.05) is 23.9 Å². The van der Waals surface area contributed by atoms with Gasteiger partial charge in [-0.1, -0.05) is 13.8 Å². The molecule has 0 radical (unpaired) electrons. The minimum atomic E-state index is -1.02. The number of nitrogens with zero attached hydrogens (tertiary/aromatic N) is 1. The van der Waals surface area contributed by atoms with Crippen LogP contribution in [-0.4, -0.2) is 36.9 Å². The fraction of sp³-hybridized carbons (Fsp3) is 0.500. The van der Waals surface area contributed by atoms with Crippen LogP contribution < -0.4 is 10.2 Å². The first kappa shape index (κ1) is 16.3. The van der Waals surface area contributed by atoms with Crippen molar-refractivity contribution in [3.8, 4) is 0 Å². The van der Waals surface area contributed by atoms with Crippen molar-refractivity contribution in [2.24, 2.45) is 5.92 Å². The first-order valence-corrected chi connectivity index (χ1v) is 7.35. The quantitative estimate of drug-likeness (QED) is 0.615. The summed E-state index contributed by atoms with van der Waals surface area (Å²) in [5, 5.41) is 12.6. The molecule has 0 aliphatic carbocycles. The molecule has 120 valence electrons. The van der Waals surface area contributed by atoms with E-state index in [1.165, 1.54) is 7.11 Å². The van der Waals surface area contributed by atoms with Gasteiger partial charge in [0.05, 0.1) is 20.0 Å². The number of carbonyl (C=O) groups excluding carboxylic acids is 2. The van der Waals surface area contributed by atoms with Gasteiger partial charge in [0.2, 0.25) is 5.91 Å². The van der Waals surface area contributed by atoms with Gasteiger partial charge in [-0.3, -0.25) is 9.59 Å². The lowest BCUT2D eigenvalue weighted by molar-refractivity contribution is -0.142. The summed E-state index contributed by atoms with van der Waals surface area (Å²) in [6, 6.07) is 5.51. The van der Waals surface area contributed by atoms with Crippen LogP contribution in [0.4, 0.5) is 11.4 Å². The van der Waals surface area contributed by atoms with Crippen molar-refractivity contribution in [3.05, 3.63) is 23.8 Å². The summed E-state index contributed by atoms with van der Waals surface area (Å²) in [5.74, 6) is 0.00462. The van der Waals surface area contributed by atoms with E-state index in [-0.39, 0.29) is 12.3 Å². The van der Waals surface area contributed by atoms with Crippen molar-refractivity contribution >= 4 is 23.3 Å². The minimum absolute atomic E-state index is 0.0935. The van der Waals surface area contributed by atoms with Gasteiger partial charge in [-0.05, 0) is 29.7 Å². The lowest BCUT2D eigenvalue weighted by Crippen LogP contribution is -2.30. The molecule has 1 unspecified atom stereocenters. The SMILES string of the molecule is COC(=O)CC(O)Nc1ccc2c(c1)CC(=O)N2CC(C)C. The third kappa shape index (κ3) is 3.76. The number of ether oxygens (including phenoxy) is 1. The van der Waals surface area contributed by atoms with Crippen LogP contribution in [0.1, 0.15) is 25.8 Å². The van der Waals surface area contributed by atoms with E-state index in [0.29, 0.717) is 24.6 Å². The number of nitrogens with one attached hydrogen (secondary N) is 1. The van der Waals surface area contributed by atoms with Crippen LogP contribution in [0.2, 0.25) is 0 Å². The molecule has 1 amide bonds. The molecule has 1 aromatic rings. The third-order valence-electron chi connectivity index (χ3n) is 3.48. The minimum Gasteiger partial charge on any atom is -0.469 e. The van der Waals surface area contributed by atoms with Crippen LogP contribution in [0.5, 0.6) is 0 Å². The fourth-order valence-electron chi connectivity index (χ4n) is 2.52. The van der Waals surface area contributed by atoms with Crippen LogP contribution in [-0.2, 0) is 20.7 Å². The van der Waals surface area contributed by atoms with E-state index >= 15 is 0 Å². The van der Waals surface area contributed by atoms with E-state index in [2.05, 4.69) is 23.9 Å². The number of rotatable bonds is 6. The Hall–Kier alpha value is -2.08. The second-order valence-electron chi connectivity index (χ2n) is 5.86. The highest BCUT2D eigenvalue weighted by Gasteiger charge is 2.27. The lowest BCUT2D eigenvalue weighted by atomic mass is 10.1. The molecule has 6 nitrogen and oxygen atoms in total. The summed E-state index contributed by atoms with van der Waals surface area (Å²) in [6.45, 7) is 4.85. The van der Waals surface area contributed by atoms with Crippen LogP contribution >= 0.6 is 0 Å². The van der Waals surface area contributed by atoms with Gasteiger partial charge in [0.1, 0.15) is 6.23 Å². The first-order chi connectivity index (χ1) is 10.4. The maximum absolute atomic E-state index is 12.1. The zero-order valence-electron chi connectivity index (χ0n) is 13.1. The van der Waals surface area contributed by atoms with Crippen LogP contribution in [0, 0.1) is 5.92 Å². The highest BCUT2D eigenvalue weighted by atomic mass is 16.5. The predicted octanol–water partition coefficient (Wildman–Crippen LogP) is 1.53. The Morgan fingerprint density at radius 1 is 1.45 bits per heavy atom. The van der Waals surface area contributed by atoms with Gasteiger partial charge in [-0.25, -0.2) is 0 Å². The van der Waals surface area contributed by atoms with Crippen molar-refractivity contribution in [3.63, 3.8) is 0 Å². The number of hydrogen-bond donors (Lipinski definition) is 2. The number of aliphatic hydroxyl groups is 1. The number of esters is 1. The lowest BCUT2D eigenvalue weighted by Gasteiger charge is -2.20. The highest BCUT2D eigenvalue weighted by molar-refractivity contribution is 6.01. The molecule has 0 fully saturated rings. The molecule has 0 saturated heterocycles. The van der Waals surface area contributed by atoms with Crippen molar-refractivity contribution in [1.29, 1.82) is 0 Å². The Morgan fingerprint density at radius 3 is 2.82 bits per heavy atom. The molecule has 0 spiro atoms. The summed E-state index contributed by atoms with van der Waals surface area (Å²) in [7, 11) is 1.28. The van der Waals surface area contributed by atoms with Gasteiger partial charge in [-0.2, -0.15) is 0 Å². The summed E-state index contributed by atoms with van der Waals surface area (Å²) in [4.78, 5) is 25.0. The molecule has 0 bridgehead atoms. The molecule has 22 heavy (non-hydrogen) atoms. The van der Waals surface area contributed by atoms with E-state index in [1.807, 2.05) is 12.1 Å². The average molecular weight is 306 g/mol. The van der Waals surface area contributed by atoms with Crippen molar-refractivity contribution in [1.82, 2.24) is 0 Å². The Balaban J connectivity index is 2.08. The maximum Gasteiger partial charge on any atom is 0.310 e. The van der Waals surface area contributed by atoms with Gasteiger partial charge in [-0.15, -0.1) is 0 Å². The van der Waals surface area contributed by atoms with Crippen LogP contribution in [0.15, 0.2) is 18.2 Å². The Bertz CT molecular complexity index is 571. The molecule has 2 rings (SSSR count). The van der Waals surface area contributed by atoms with E-state index in [0.717, 1.165) is 11.3 Å². The molecule has 1 aliphatic rings. The molecule has 1 aromatic carbocycles. The maximum atomic E-state index is 12.1. The smallest absolute Gasteiger partial charge is 0.310 e. The normalized spacial score (nSPS) is 15.0. The van der Waals surface area contributed by atoms with Gasteiger partial charge in [0.15, 0.2) is 0 Å². The Kier molecular flexibility index (Phi) is 5.03. The second kappa shape index (κ2) is 6.79. The van der Waals surface area contributed by atoms with Crippen molar-refractivity contribution in [2.45, 2.75) is 32.9 Å². The van der Waals surface area contributed by atoms with Gasteiger partial charge >= 0.3 is 5.97 Å². The highest BCUT2D eigenvalue weighted by Crippen LogP contribution is 2.32. The Morgan fingerprint density at radius 2 is 2.18 bits per heavy atom. The molecule has 1 atom stereocenters.